The smallest absolute Gasteiger partial charge is 0.309 e. The molecular weight excluding hydrogens is 364 g/mol. The summed E-state index contributed by atoms with van der Waals surface area (Å²) in [4.78, 5) is 22.5. The lowest BCUT2D eigenvalue weighted by Gasteiger charge is -2.05. The van der Waals surface area contributed by atoms with Gasteiger partial charge in [-0.1, -0.05) is 12.1 Å². The first-order valence-corrected chi connectivity index (χ1v) is 8.58. The van der Waals surface area contributed by atoms with E-state index in [1.165, 1.54) is 10.9 Å². The number of anilines is 1. The summed E-state index contributed by atoms with van der Waals surface area (Å²) >= 11 is 0. The fourth-order valence-corrected chi connectivity index (χ4v) is 2.71. The van der Waals surface area contributed by atoms with Gasteiger partial charge in [0.1, 0.15) is 17.6 Å². The first-order valence-electron chi connectivity index (χ1n) is 8.58. The second kappa shape index (κ2) is 8.33. The highest BCUT2D eigenvalue weighted by Gasteiger charge is 2.15. The van der Waals surface area contributed by atoms with Gasteiger partial charge in [-0.05, 0) is 24.6 Å². The molecule has 0 radical (unpaired) electrons. The molecule has 1 N–H and O–H groups in total. The highest BCUT2D eigenvalue weighted by Crippen LogP contribution is 2.16. The SMILES string of the molecule is COc1cccc(Cn2cc(NC(=O)CCn3cc([N+](=O)[O-])c(C)n3)cn2)c1. The van der Waals surface area contributed by atoms with E-state index >= 15 is 0 Å². The molecule has 0 bridgehead atoms. The average Bonchev–Trinajstić information content (AvgIpc) is 3.26. The van der Waals surface area contributed by atoms with Gasteiger partial charge in [0.15, 0.2) is 0 Å². The lowest BCUT2D eigenvalue weighted by Crippen LogP contribution is -2.14. The van der Waals surface area contributed by atoms with Crippen molar-refractivity contribution in [1.82, 2.24) is 19.6 Å². The Bertz CT molecular complexity index is 994. The number of aromatic nitrogens is 4. The molecule has 0 atom stereocenters. The highest BCUT2D eigenvalue weighted by molar-refractivity contribution is 5.90. The predicted molar refractivity (Wildman–Crippen MR) is 101 cm³/mol. The Morgan fingerprint density at radius 1 is 1.32 bits per heavy atom. The second-order valence-corrected chi connectivity index (χ2v) is 6.20. The van der Waals surface area contributed by atoms with Gasteiger partial charge in [-0.25, -0.2) is 0 Å². The highest BCUT2D eigenvalue weighted by atomic mass is 16.6. The maximum Gasteiger partial charge on any atom is 0.309 e. The Morgan fingerprint density at radius 3 is 2.86 bits per heavy atom. The molecule has 1 aromatic carbocycles. The molecule has 10 nitrogen and oxygen atoms in total. The number of nitrogens with one attached hydrogen (secondary N) is 1. The lowest BCUT2D eigenvalue weighted by atomic mass is 10.2. The zero-order valence-corrected chi connectivity index (χ0v) is 15.5. The van der Waals surface area contributed by atoms with Gasteiger partial charge in [0.25, 0.3) is 0 Å². The molecule has 0 aliphatic heterocycles. The van der Waals surface area contributed by atoms with Crippen molar-refractivity contribution in [3.8, 4) is 5.75 Å². The molecule has 0 unspecified atom stereocenters. The topological polar surface area (TPSA) is 117 Å². The monoisotopic (exact) mass is 384 g/mol. The van der Waals surface area contributed by atoms with Crippen molar-refractivity contribution in [1.29, 1.82) is 0 Å². The number of benzene rings is 1. The van der Waals surface area contributed by atoms with Crippen molar-refractivity contribution in [3.63, 3.8) is 0 Å². The Hall–Kier alpha value is -3.69. The lowest BCUT2D eigenvalue weighted by molar-refractivity contribution is -0.385. The van der Waals surface area contributed by atoms with E-state index in [0.29, 0.717) is 17.9 Å². The van der Waals surface area contributed by atoms with Crippen LogP contribution in [-0.2, 0) is 17.9 Å². The number of nitro groups is 1. The Balaban J connectivity index is 1.53. The molecule has 0 aliphatic carbocycles. The number of carbonyl (C=O) groups excluding carboxylic acids is 1. The fraction of sp³-hybridized carbons (Fsp3) is 0.278. The minimum Gasteiger partial charge on any atom is -0.497 e. The van der Waals surface area contributed by atoms with Crippen molar-refractivity contribution in [2.24, 2.45) is 0 Å². The van der Waals surface area contributed by atoms with Gasteiger partial charge in [0.05, 0.1) is 30.5 Å². The normalized spacial score (nSPS) is 10.6. The minimum absolute atomic E-state index is 0.0563. The summed E-state index contributed by atoms with van der Waals surface area (Å²) in [7, 11) is 1.61. The van der Waals surface area contributed by atoms with Gasteiger partial charge in [-0.2, -0.15) is 10.2 Å². The minimum atomic E-state index is -0.490. The van der Waals surface area contributed by atoms with E-state index in [4.69, 9.17) is 4.74 Å². The van der Waals surface area contributed by atoms with E-state index in [9.17, 15) is 14.9 Å². The van der Waals surface area contributed by atoms with Crippen molar-refractivity contribution in [2.75, 3.05) is 12.4 Å². The first kappa shape index (κ1) is 19.1. The molecule has 2 aromatic heterocycles. The van der Waals surface area contributed by atoms with Gasteiger partial charge in [-0.15, -0.1) is 0 Å². The van der Waals surface area contributed by atoms with Crippen LogP contribution in [0.25, 0.3) is 0 Å². The number of methoxy groups -OCH3 is 1. The third-order valence-corrected chi connectivity index (χ3v) is 4.08. The third-order valence-electron chi connectivity index (χ3n) is 4.08. The van der Waals surface area contributed by atoms with Crippen LogP contribution in [0.3, 0.4) is 0 Å². The van der Waals surface area contributed by atoms with Crippen LogP contribution >= 0.6 is 0 Å². The Kier molecular flexibility index (Phi) is 5.68. The second-order valence-electron chi connectivity index (χ2n) is 6.20. The number of ether oxygens (including phenoxy) is 1. The van der Waals surface area contributed by atoms with E-state index in [2.05, 4.69) is 15.5 Å². The molecule has 28 heavy (non-hydrogen) atoms. The molecular formula is C18H20N6O4. The van der Waals surface area contributed by atoms with Crippen LogP contribution in [-0.4, -0.2) is 37.5 Å². The van der Waals surface area contributed by atoms with Crippen molar-refractivity contribution < 1.29 is 14.5 Å². The molecule has 2 heterocycles. The van der Waals surface area contributed by atoms with Gasteiger partial charge < -0.3 is 10.1 Å². The number of hydrogen-bond donors (Lipinski definition) is 1. The van der Waals surface area contributed by atoms with E-state index in [-0.39, 0.29) is 24.6 Å². The van der Waals surface area contributed by atoms with Crippen molar-refractivity contribution in [3.05, 3.63) is 64.2 Å². The van der Waals surface area contributed by atoms with E-state index in [0.717, 1.165) is 11.3 Å². The molecule has 10 heteroatoms. The van der Waals surface area contributed by atoms with Crippen molar-refractivity contribution >= 4 is 17.3 Å². The molecule has 1 amide bonds. The average molecular weight is 384 g/mol. The Morgan fingerprint density at radius 2 is 2.14 bits per heavy atom. The summed E-state index contributed by atoms with van der Waals surface area (Å²) in [6, 6.07) is 7.66. The number of carbonyl (C=O) groups is 1. The maximum absolute atomic E-state index is 12.1. The summed E-state index contributed by atoms with van der Waals surface area (Å²) in [5.74, 6) is 0.545. The van der Waals surface area contributed by atoms with E-state index in [1.807, 2.05) is 24.3 Å². The number of nitrogens with zero attached hydrogens (tertiary/aromatic N) is 5. The third kappa shape index (κ3) is 4.72. The first-order chi connectivity index (χ1) is 13.4. The van der Waals surface area contributed by atoms with Crippen LogP contribution in [0.15, 0.2) is 42.9 Å². The molecule has 0 saturated heterocycles. The van der Waals surface area contributed by atoms with E-state index < -0.39 is 4.92 Å². The van der Waals surface area contributed by atoms with Crippen LogP contribution in [0, 0.1) is 17.0 Å². The summed E-state index contributed by atoms with van der Waals surface area (Å²) in [6.45, 7) is 2.35. The van der Waals surface area contributed by atoms with Crippen LogP contribution < -0.4 is 10.1 Å². The number of aryl methyl sites for hydroxylation is 2. The summed E-state index contributed by atoms with van der Waals surface area (Å²) in [5.41, 5.74) is 1.87. The van der Waals surface area contributed by atoms with Crippen LogP contribution in [0.2, 0.25) is 0 Å². The van der Waals surface area contributed by atoms with Gasteiger partial charge in [0, 0.05) is 19.2 Å². The Labute approximate surface area is 160 Å². The summed E-state index contributed by atoms with van der Waals surface area (Å²) < 4.78 is 8.32. The molecule has 0 fully saturated rings. The number of amides is 1. The molecule has 0 aliphatic rings. The van der Waals surface area contributed by atoms with Crippen LogP contribution in [0.4, 0.5) is 11.4 Å². The molecule has 3 aromatic rings. The molecule has 0 spiro atoms. The maximum atomic E-state index is 12.1. The zero-order chi connectivity index (χ0) is 20.1. The van der Waals surface area contributed by atoms with Gasteiger partial charge >= 0.3 is 5.69 Å². The number of rotatable bonds is 8. The summed E-state index contributed by atoms with van der Waals surface area (Å²) in [6.07, 6.45) is 4.77. The van der Waals surface area contributed by atoms with Crippen LogP contribution in [0.1, 0.15) is 17.7 Å². The fourth-order valence-electron chi connectivity index (χ4n) is 2.71. The quantitative estimate of drug-likeness (QED) is 0.471. The van der Waals surface area contributed by atoms with Crippen LogP contribution in [0.5, 0.6) is 5.75 Å². The standard InChI is InChI=1S/C18H20N6O4/c1-13-17(24(26)27)12-22(21-13)7-6-18(25)20-15-9-19-23(11-15)10-14-4-3-5-16(8-14)28-2/h3-5,8-9,11-12H,6-7,10H2,1-2H3,(H,20,25). The van der Waals surface area contributed by atoms with Gasteiger partial charge in [-0.3, -0.25) is 24.3 Å². The van der Waals surface area contributed by atoms with Crippen molar-refractivity contribution in [2.45, 2.75) is 26.4 Å². The largest absolute Gasteiger partial charge is 0.497 e. The number of hydrogen-bond acceptors (Lipinski definition) is 6. The molecule has 146 valence electrons. The van der Waals surface area contributed by atoms with Gasteiger partial charge in [0.2, 0.25) is 5.91 Å². The zero-order valence-electron chi connectivity index (χ0n) is 15.5. The molecule has 3 rings (SSSR count). The predicted octanol–water partition coefficient (Wildman–Crippen LogP) is 2.38. The summed E-state index contributed by atoms with van der Waals surface area (Å²) in [5, 5.41) is 21.9. The van der Waals surface area contributed by atoms with E-state index in [1.54, 1.807) is 31.1 Å². The molecule has 0 saturated carbocycles.